The molecule has 3 heterocycles. The molecule has 1 N–H and O–H groups in total. The van der Waals surface area contributed by atoms with Gasteiger partial charge in [0.15, 0.2) is 5.84 Å². The Morgan fingerprint density at radius 3 is 1.88 bits per heavy atom. The number of fused-ring (bicyclic) bond motifs is 6. The molecular formula is C51H33N3OS. The van der Waals surface area contributed by atoms with Gasteiger partial charge in [-0.3, -0.25) is 0 Å². The lowest BCUT2D eigenvalue weighted by molar-refractivity contribution is 0.668. The normalized spacial score (nSPS) is 14.2. The van der Waals surface area contributed by atoms with Crippen molar-refractivity contribution in [3.05, 3.63) is 205 Å². The number of amidine groups is 2. The molecule has 0 bridgehead atoms. The molecule has 0 radical (unpaired) electrons. The third-order valence-corrected chi connectivity index (χ3v) is 11.9. The highest BCUT2D eigenvalue weighted by Gasteiger charge is 2.25. The molecule has 8 aromatic carbocycles. The highest BCUT2D eigenvalue weighted by Crippen LogP contribution is 2.39. The summed E-state index contributed by atoms with van der Waals surface area (Å²) >= 11 is 1.81. The van der Waals surface area contributed by atoms with E-state index in [1.54, 1.807) is 11.3 Å². The zero-order valence-electron chi connectivity index (χ0n) is 30.2. The van der Waals surface area contributed by atoms with E-state index in [1.807, 2.05) is 12.1 Å². The number of benzene rings is 8. The van der Waals surface area contributed by atoms with Gasteiger partial charge in [-0.25, -0.2) is 9.98 Å². The van der Waals surface area contributed by atoms with Crippen molar-refractivity contribution in [3.63, 3.8) is 0 Å². The molecule has 4 nitrogen and oxygen atoms in total. The van der Waals surface area contributed by atoms with E-state index in [9.17, 15) is 0 Å². The molecule has 1 aliphatic heterocycles. The fourth-order valence-corrected chi connectivity index (χ4v) is 9.17. The van der Waals surface area contributed by atoms with Crippen LogP contribution in [0.25, 0.3) is 75.5 Å². The average molecular weight is 736 g/mol. The lowest BCUT2D eigenvalue weighted by atomic mass is 9.97. The molecule has 0 saturated heterocycles. The Balaban J connectivity index is 1.07. The van der Waals surface area contributed by atoms with E-state index < -0.39 is 0 Å². The summed E-state index contributed by atoms with van der Waals surface area (Å²) in [7, 11) is 0. The molecule has 10 aromatic rings. The lowest BCUT2D eigenvalue weighted by Crippen LogP contribution is -2.33. The van der Waals surface area contributed by atoms with E-state index in [0.717, 1.165) is 61.2 Å². The molecule has 0 aliphatic carbocycles. The van der Waals surface area contributed by atoms with E-state index in [4.69, 9.17) is 14.4 Å². The smallest absolute Gasteiger partial charge is 0.160 e. The molecule has 264 valence electrons. The number of hydrogen-bond acceptors (Lipinski definition) is 5. The fraction of sp³-hybridized carbons (Fsp3) is 0.0196. The minimum atomic E-state index is -0.368. The standard InChI is InChI=1S/C51H33N3OS/c1-3-12-32(13-4-1)34-24-26-35(27-25-34)49-52-50(54-51(53-49)41-20-11-23-46-48(41)39-18-7-8-22-45(39)56-46)40-19-10-21-44-47(40)42-31-38(28-29-43(42)55-44)37-17-9-16-36(30-37)33-14-5-2-6-15-33/h1-31,49H,(H,52,53,54). The third-order valence-electron chi connectivity index (χ3n) is 10.8. The van der Waals surface area contributed by atoms with Gasteiger partial charge in [0, 0.05) is 42.1 Å². The molecule has 0 spiro atoms. The number of aliphatic imine (C=N–C) groups is 2. The van der Waals surface area contributed by atoms with Gasteiger partial charge in [0.1, 0.15) is 23.2 Å². The predicted octanol–water partition coefficient (Wildman–Crippen LogP) is 13.5. The van der Waals surface area contributed by atoms with Gasteiger partial charge in [-0.05, 0) is 75.3 Å². The summed E-state index contributed by atoms with van der Waals surface area (Å²) < 4.78 is 9.00. The Labute approximate surface area is 327 Å². The van der Waals surface area contributed by atoms with E-state index in [-0.39, 0.29) is 6.17 Å². The molecular weight excluding hydrogens is 703 g/mol. The van der Waals surface area contributed by atoms with Crippen molar-refractivity contribution < 1.29 is 4.42 Å². The van der Waals surface area contributed by atoms with Crippen LogP contribution in [0.4, 0.5) is 0 Å². The van der Waals surface area contributed by atoms with Gasteiger partial charge in [-0.15, -0.1) is 11.3 Å². The maximum absolute atomic E-state index is 6.53. The van der Waals surface area contributed by atoms with Gasteiger partial charge in [-0.2, -0.15) is 0 Å². The zero-order valence-corrected chi connectivity index (χ0v) is 31.0. The highest BCUT2D eigenvalue weighted by atomic mass is 32.1. The Bertz CT molecular complexity index is 3160. The first-order chi connectivity index (χ1) is 27.7. The number of furan rings is 1. The van der Waals surface area contributed by atoms with Crippen LogP contribution in [0.5, 0.6) is 0 Å². The molecule has 0 fully saturated rings. The van der Waals surface area contributed by atoms with Crippen molar-refractivity contribution in [2.24, 2.45) is 9.98 Å². The Hall–Kier alpha value is -7.08. The van der Waals surface area contributed by atoms with Crippen molar-refractivity contribution in [2.45, 2.75) is 6.17 Å². The Kier molecular flexibility index (Phi) is 7.71. The van der Waals surface area contributed by atoms with Crippen molar-refractivity contribution in [2.75, 3.05) is 0 Å². The number of nitrogens with zero attached hydrogens (tertiary/aromatic N) is 2. The fourth-order valence-electron chi connectivity index (χ4n) is 8.04. The van der Waals surface area contributed by atoms with Gasteiger partial charge in [-0.1, -0.05) is 152 Å². The molecule has 2 aromatic heterocycles. The van der Waals surface area contributed by atoms with Crippen molar-refractivity contribution >= 4 is 65.1 Å². The third kappa shape index (κ3) is 5.60. The summed E-state index contributed by atoms with van der Waals surface area (Å²) in [6.07, 6.45) is -0.368. The van der Waals surface area contributed by atoms with Crippen LogP contribution < -0.4 is 5.32 Å². The molecule has 5 heteroatoms. The number of hydrogen-bond donors (Lipinski definition) is 1. The number of thiophene rings is 1. The summed E-state index contributed by atoms with van der Waals surface area (Å²) in [5.74, 6) is 1.46. The van der Waals surface area contributed by atoms with Crippen molar-refractivity contribution in [1.82, 2.24) is 5.32 Å². The van der Waals surface area contributed by atoms with Gasteiger partial charge in [0.25, 0.3) is 0 Å². The predicted molar refractivity (Wildman–Crippen MR) is 235 cm³/mol. The Morgan fingerprint density at radius 2 is 1.05 bits per heavy atom. The van der Waals surface area contributed by atoms with E-state index >= 15 is 0 Å². The summed E-state index contributed by atoms with van der Waals surface area (Å²) in [4.78, 5) is 10.7. The molecule has 1 unspecified atom stereocenters. The van der Waals surface area contributed by atoms with Gasteiger partial charge < -0.3 is 9.73 Å². The molecule has 56 heavy (non-hydrogen) atoms. The van der Waals surface area contributed by atoms with E-state index in [0.29, 0.717) is 5.84 Å². The van der Waals surface area contributed by atoms with Crippen molar-refractivity contribution in [3.8, 4) is 33.4 Å². The summed E-state index contributed by atoms with van der Waals surface area (Å²) in [6.45, 7) is 0. The minimum absolute atomic E-state index is 0.368. The van der Waals surface area contributed by atoms with Crippen LogP contribution in [0.1, 0.15) is 22.9 Å². The highest BCUT2D eigenvalue weighted by molar-refractivity contribution is 7.25. The molecule has 0 amide bonds. The van der Waals surface area contributed by atoms with Crippen LogP contribution in [0.3, 0.4) is 0 Å². The molecule has 11 rings (SSSR count). The van der Waals surface area contributed by atoms with Crippen LogP contribution in [-0.4, -0.2) is 11.7 Å². The van der Waals surface area contributed by atoms with Crippen LogP contribution in [0.15, 0.2) is 202 Å². The van der Waals surface area contributed by atoms with Gasteiger partial charge in [0.2, 0.25) is 0 Å². The number of nitrogens with one attached hydrogen (secondary N) is 1. The second-order valence-corrected chi connectivity index (χ2v) is 15.2. The van der Waals surface area contributed by atoms with Crippen molar-refractivity contribution in [1.29, 1.82) is 0 Å². The van der Waals surface area contributed by atoms with Gasteiger partial charge >= 0.3 is 0 Å². The van der Waals surface area contributed by atoms with E-state index in [2.05, 4.69) is 181 Å². The second-order valence-electron chi connectivity index (χ2n) is 14.2. The SMILES string of the molecule is c1ccc(-c2ccc(C3N=C(c4cccc5sc6ccccc6c45)N=C(c4cccc5oc6ccc(-c7cccc(-c8ccccc8)c7)cc6c45)N3)cc2)cc1. The molecule has 1 atom stereocenters. The van der Waals surface area contributed by atoms with Crippen LogP contribution in [-0.2, 0) is 0 Å². The summed E-state index contributed by atoms with van der Waals surface area (Å²) in [5.41, 5.74) is 11.7. The first-order valence-electron chi connectivity index (χ1n) is 18.8. The zero-order chi connectivity index (χ0) is 37.0. The van der Waals surface area contributed by atoms with Gasteiger partial charge in [0.05, 0.1) is 0 Å². The molecule has 1 aliphatic rings. The lowest BCUT2D eigenvalue weighted by Gasteiger charge is -2.24. The first kappa shape index (κ1) is 32.4. The topological polar surface area (TPSA) is 49.9 Å². The summed E-state index contributed by atoms with van der Waals surface area (Å²) in [6, 6.07) is 66.3. The Morgan fingerprint density at radius 1 is 0.446 bits per heavy atom. The summed E-state index contributed by atoms with van der Waals surface area (Å²) in [5, 5.41) is 8.23. The largest absolute Gasteiger partial charge is 0.456 e. The van der Waals surface area contributed by atoms with Crippen LogP contribution in [0, 0.1) is 0 Å². The number of rotatable bonds is 6. The maximum atomic E-state index is 6.53. The second kappa shape index (κ2) is 13.3. The maximum Gasteiger partial charge on any atom is 0.160 e. The monoisotopic (exact) mass is 735 g/mol. The first-order valence-corrected chi connectivity index (χ1v) is 19.7. The average Bonchev–Trinajstić information content (AvgIpc) is 3.85. The minimum Gasteiger partial charge on any atom is -0.456 e. The van der Waals surface area contributed by atoms with Crippen LogP contribution in [0.2, 0.25) is 0 Å². The van der Waals surface area contributed by atoms with Crippen LogP contribution >= 0.6 is 11.3 Å². The van der Waals surface area contributed by atoms with E-state index in [1.165, 1.54) is 36.9 Å². The molecule has 0 saturated carbocycles. The quantitative estimate of drug-likeness (QED) is 0.185.